The smallest absolute Gasteiger partial charge is 0.274 e. The summed E-state index contributed by atoms with van der Waals surface area (Å²) in [5.41, 5.74) is 0.334. The van der Waals surface area contributed by atoms with Gasteiger partial charge in [0.15, 0.2) is 17.8 Å². The molecule has 100 valence electrons. The molecule has 6 heteroatoms. The zero-order valence-electron chi connectivity index (χ0n) is 10.3. The third-order valence-corrected chi connectivity index (χ3v) is 3.91. The molecule has 1 amide bonds. The van der Waals surface area contributed by atoms with E-state index < -0.39 is 0 Å². The quantitative estimate of drug-likeness (QED) is 0.932. The zero-order chi connectivity index (χ0) is 13.1. The van der Waals surface area contributed by atoms with Crippen LogP contribution in [0, 0.1) is 0 Å². The minimum atomic E-state index is -0.215. The van der Waals surface area contributed by atoms with Crippen molar-refractivity contribution in [3.63, 3.8) is 0 Å². The first-order valence-corrected chi connectivity index (χ1v) is 7.10. The topological polar surface area (TPSA) is 64.4 Å². The first kappa shape index (κ1) is 12.4. The van der Waals surface area contributed by atoms with Gasteiger partial charge in [0.05, 0.1) is 11.0 Å². The first-order chi connectivity index (χ1) is 9.34. The van der Waals surface area contributed by atoms with Gasteiger partial charge in [-0.3, -0.25) is 4.79 Å². The molecule has 1 N–H and O–H groups in total. The highest BCUT2D eigenvalue weighted by Crippen LogP contribution is 2.27. The lowest BCUT2D eigenvalue weighted by Gasteiger charge is -2.09. The highest BCUT2D eigenvalue weighted by atomic mass is 32.1. The van der Waals surface area contributed by atoms with E-state index in [1.54, 1.807) is 0 Å². The van der Waals surface area contributed by atoms with Gasteiger partial charge in [0.1, 0.15) is 0 Å². The fourth-order valence-corrected chi connectivity index (χ4v) is 2.80. The number of nitrogens with zero attached hydrogens (tertiary/aromatic N) is 1. The number of ether oxygens (including phenoxy) is 1. The third kappa shape index (κ3) is 2.69. The Labute approximate surface area is 114 Å². The van der Waals surface area contributed by atoms with Crippen molar-refractivity contribution in [2.24, 2.45) is 0 Å². The van der Waals surface area contributed by atoms with Crippen molar-refractivity contribution < 1.29 is 13.9 Å². The van der Waals surface area contributed by atoms with Gasteiger partial charge >= 0.3 is 0 Å². The minimum Gasteiger partial charge on any atom is -0.442 e. The molecule has 3 heterocycles. The van der Waals surface area contributed by atoms with Gasteiger partial charge < -0.3 is 14.5 Å². The van der Waals surface area contributed by atoms with Gasteiger partial charge in [-0.1, -0.05) is 6.07 Å². The normalized spacial score (nSPS) is 18.6. The molecule has 1 saturated heterocycles. The molecular formula is C13H14N2O3S. The molecular weight excluding hydrogens is 264 g/mol. The number of thiophene rings is 1. The Morgan fingerprint density at radius 3 is 3.26 bits per heavy atom. The molecule has 0 radical (unpaired) electrons. The Balaban J connectivity index is 1.68. The van der Waals surface area contributed by atoms with Gasteiger partial charge in [-0.2, -0.15) is 0 Å². The molecule has 0 aliphatic carbocycles. The summed E-state index contributed by atoms with van der Waals surface area (Å²) in [5.74, 6) is 0.312. The van der Waals surface area contributed by atoms with E-state index in [9.17, 15) is 4.79 Å². The highest BCUT2D eigenvalue weighted by Gasteiger charge is 2.21. The summed E-state index contributed by atoms with van der Waals surface area (Å²) < 4.78 is 10.8. The fourth-order valence-electron chi connectivity index (χ4n) is 2.09. The van der Waals surface area contributed by atoms with E-state index in [-0.39, 0.29) is 12.0 Å². The van der Waals surface area contributed by atoms with E-state index in [1.807, 2.05) is 17.5 Å². The molecule has 0 spiro atoms. The van der Waals surface area contributed by atoms with Crippen LogP contribution >= 0.6 is 11.3 Å². The van der Waals surface area contributed by atoms with Crippen molar-refractivity contribution in [1.29, 1.82) is 0 Å². The number of aromatic nitrogens is 1. The summed E-state index contributed by atoms with van der Waals surface area (Å²) in [6, 6.07) is 3.82. The second-order valence-electron chi connectivity index (χ2n) is 4.35. The van der Waals surface area contributed by atoms with Crippen LogP contribution in [-0.4, -0.2) is 30.1 Å². The predicted molar refractivity (Wildman–Crippen MR) is 71.1 cm³/mol. The van der Waals surface area contributed by atoms with Gasteiger partial charge in [-0.25, -0.2) is 4.98 Å². The van der Waals surface area contributed by atoms with Gasteiger partial charge in [0, 0.05) is 13.2 Å². The predicted octanol–water partition coefficient (Wildman–Crippen LogP) is 2.31. The Kier molecular flexibility index (Phi) is 3.61. The molecule has 0 aromatic carbocycles. The average molecular weight is 278 g/mol. The molecule has 1 aliphatic heterocycles. The molecule has 2 aromatic rings. The Morgan fingerprint density at radius 1 is 1.58 bits per heavy atom. The van der Waals surface area contributed by atoms with Crippen LogP contribution in [0.25, 0.3) is 10.6 Å². The SMILES string of the molecule is O=C(NCC1CCCO1)c1ncoc1-c1cccs1. The maximum Gasteiger partial charge on any atom is 0.274 e. The molecule has 1 unspecified atom stereocenters. The van der Waals surface area contributed by atoms with Crippen LogP contribution in [0.2, 0.25) is 0 Å². The lowest BCUT2D eigenvalue weighted by molar-refractivity contribution is 0.0854. The zero-order valence-corrected chi connectivity index (χ0v) is 11.1. The number of oxazole rings is 1. The number of carbonyl (C=O) groups is 1. The summed E-state index contributed by atoms with van der Waals surface area (Å²) in [4.78, 5) is 17.0. The summed E-state index contributed by atoms with van der Waals surface area (Å²) in [6.07, 6.45) is 3.48. The van der Waals surface area contributed by atoms with Crippen molar-refractivity contribution >= 4 is 17.2 Å². The lowest BCUT2D eigenvalue weighted by Crippen LogP contribution is -2.32. The molecule has 1 fully saturated rings. The van der Waals surface area contributed by atoms with Gasteiger partial charge in [0.25, 0.3) is 5.91 Å². The Bertz CT molecular complexity index is 544. The van der Waals surface area contributed by atoms with Crippen molar-refractivity contribution in [1.82, 2.24) is 10.3 Å². The second kappa shape index (κ2) is 5.54. The van der Waals surface area contributed by atoms with Crippen LogP contribution in [0.1, 0.15) is 23.3 Å². The number of hydrogen-bond acceptors (Lipinski definition) is 5. The number of amides is 1. The van der Waals surface area contributed by atoms with Crippen LogP contribution in [0.3, 0.4) is 0 Å². The van der Waals surface area contributed by atoms with E-state index in [2.05, 4.69) is 10.3 Å². The van der Waals surface area contributed by atoms with Crippen LogP contribution in [0.15, 0.2) is 28.3 Å². The highest BCUT2D eigenvalue weighted by molar-refractivity contribution is 7.13. The molecule has 1 aliphatic rings. The summed E-state index contributed by atoms with van der Waals surface area (Å²) in [6.45, 7) is 1.31. The molecule has 5 nitrogen and oxygen atoms in total. The number of nitrogens with one attached hydrogen (secondary N) is 1. The maximum absolute atomic E-state index is 12.1. The lowest BCUT2D eigenvalue weighted by atomic mass is 10.2. The molecule has 0 saturated carbocycles. The van der Waals surface area contributed by atoms with Crippen LogP contribution in [0.4, 0.5) is 0 Å². The van der Waals surface area contributed by atoms with Crippen molar-refractivity contribution in [3.05, 3.63) is 29.6 Å². The number of hydrogen-bond donors (Lipinski definition) is 1. The fraction of sp³-hybridized carbons (Fsp3) is 0.385. The van der Waals surface area contributed by atoms with E-state index in [4.69, 9.17) is 9.15 Å². The summed E-state index contributed by atoms with van der Waals surface area (Å²) in [7, 11) is 0. The summed E-state index contributed by atoms with van der Waals surface area (Å²) in [5, 5.41) is 4.78. The Hall–Kier alpha value is -1.66. The molecule has 19 heavy (non-hydrogen) atoms. The molecule has 2 aromatic heterocycles. The largest absolute Gasteiger partial charge is 0.442 e. The maximum atomic E-state index is 12.1. The summed E-state index contributed by atoms with van der Waals surface area (Å²) >= 11 is 1.52. The second-order valence-corrected chi connectivity index (χ2v) is 5.30. The standard InChI is InChI=1S/C13H14N2O3S/c16-13(14-7-9-3-1-5-17-9)11-12(18-8-15-11)10-4-2-6-19-10/h2,4,6,8-9H,1,3,5,7H2,(H,14,16). The van der Waals surface area contributed by atoms with Crippen molar-refractivity contribution in [3.8, 4) is 10.6 Å². The average Bonchev–Trinajstić information content (AvgIpc) is 3.14. The van der Waals surface area contributed by atoms with Crippen molar-refractivity contribution in [2.75, 3.05) is 13.2 Å². The first-order valence-electron chi connectivity index (χ1n) is 6.22. The molecule has 0 bridgehead atoms. The van der Waals surface area contributed by atoms with E-state index in [0.717, 1.165) is 24.3 Å². The minimum absolute atomic E-state index is 0.126. The molecule has 1 atom stereocenters. The van der Waals surface area contributed by atoms with Crippen molar-refractivity contribution in [2.45, 2.75) is 18.9 Å². The third-order valence-electron chi connectivity index (χ3n) is 3.04. The van der Waals surface area contributed by atoms with Crippen LogP contribution in [0.5, 0.6) is 0 Å². The van der Waals surface area contributed by atoms with Gasteiger partial charge in [-0.05, 0) is 24.3 Å². The van der Waals surface area contributed by atoms with Crippen LogP contribution in [-0.2, 0) is 4.74 Å². The van der Waals surface area contributed by atoms with E-state index >= 15 is 0 Å². The van der Waals surface area contributed by atoms with Gasteiger partial charge in [0.2, 0.25) is 0 Å². The number of carbonyl (C=O) groups excluding carboxylic acids is 1. The molecule has 3 rings (SSSR count). The monoisotopic (exact) mass is 278 g/mol. The van der Waals surface area contributed by atoms with Crippen LogP contribution < -0.4 is 5.32 Å². The Morgan fingerprint density at radius 2 is 2.53 bits per heavy atom. The van der Waals surface area contributed by atoms with Gasteiger partial charge in [-0.15, -0.1) is 11.3 Å². The number of rotatable bonds is 4. The van der Waals surface area contributed by atoms with E-state index in [1.165, 1.54) is 17.7 Å². The van der Waals surface area contributed by atoms with E-state index in [0.29, 0.717) is 18.0 Å².